The largest absolute Gasteiger partial charge is 0.497 e. The molecule has 0 unspecified atom stereocenters. The molecule has 7 nitrogen and oxygen atoms in total. The third-order valence-corrected chi connectivity index (χ3v) is 4.61. The molecule has 1 aliphatic heterocycles. The number of thioether (sulfide) groups is 1. The minimum Gasteiger partial charge on any atom is -0.497 e. The molecule has 0 aliphatic carbocycles. The van der Waals surface area contributed by atoms with E-state index in [-0.39, 0.29) is 30.6 Å². The van der Waals surface area contributed by atoms with Crippen LogP contribution in [0.2, 0.25) is 0 Å². The first-order valence-electron chi connectivity index (χ1n) is 7.37. The molecule has 1 atom stereocenters. The van der Waals surface area contributed by atoms with Gasteiger partial charge in [-0.3, -0.25) is 14.4 Å². The summed E-state index contributed by atoms with van der Waals surface area (Å²) in [5, 5.41) is -0.603. The van der Waals surface area contributed by atoms with Crippen molar-refractivity contribution < 1.29 is 28.6 Å². The maximum absolute atomic E-state index is 12.6. The number of anilines is 1. The predicted molar refractivity (Wildman–Crippen MR) is 89.5 cm³/mol. The molecule has 2 amide bonds. The number of methoxy groups -OCH3 is 2. The molecule has 8 heteroatoms. The average molecular weight is 353 g/mol. The molecular formula is C16H19NO6S. The Bertz CT molecular complexity index is 647. The van der Waals surface area contributed by atoms with E-state index in [9.17, 15) is 14.4 Å². The lowest BCUT2D eigenvalue weighted by molar-refractivity contribution is -0.139. The molecule has 24 heavy (non-hydrogen) atoms. The van der Waals surface area contributed by atoms with Gasteiger partial charge in [0, 0.05) is 12.5 Å². The lowest BCUT2D eigenvalue weighted by Crippen LogP contribution is -2.31. The lowest BCUT2D eigenvalue weighted by Gasteiger charge is -2.18. The second kappa shape index (κ2) is 8.05. The standard InChI is InChI=1S/C16H19NO6S/c1-4-23-15(19)9-24-13-8-14(18)17(16(13)20)11-6-5-10(21-2)7-12(11)22-3/h5-7,13H,4,8-9H2,1-3H3/t13-/m0/s1. The van der Waals surface area contributed by atoms with Crippen LogP contribution in [0.3, 0.4) is 0 Å². The van der Waals surface area contributed by atoms with Crippen molar-refractivity contribution in [1.82, 2.24) is 0 Å². The summed E-state index contributed by atoms with van der Waals surface area (Å²) in [4.78, 5) is 37.4. The first-order valence-corrected chi connectivity index (χ1v) is 8.42. The van der Waals surface area contributed by atoms with Crippen LogP contribution in [0.25, 0.3) is 0 Å². The Hall–Kier alpha value is -2.22. The lowest BCUT2D eigenvalue weighted by atomic mass is 10.2. The van der Waals surface area contributed by atoms with Gasteiger partial charge in [-0.05, 0) is 19.1 Å². The van der Waals surface area contributed by atoms with E-state index >= 15 is 0 Å². The zero-order valence-corrected chi connectivity index (χ0v) is 14.6. The SMILES string of the molecule is CCOC(=O)CS[C@H]1CC(=O)N(c2ccc(OC)cc2OC)C1=O. The van der Waals surface area contributed by atoms with Crippen LogP contribution in [0.4, 0.5) is 5.69 Å². The molecule has 130 valence electrons. The fraction of sp³-hybridized carbons (Fsp3) is 0.438. The second-order valence-corrected chi connectivity index (χ2v) is 6.11. The summed E-state index contributed by atoms with van der Waals surface area (Å²) in [5.74, 6) is -0.133. The van der Waals surface area contributed by atoms with Crippen LogP contribution in [0.5, 0.6) is 11.5 Å². The van der Waals surface area contributed by atoms with E-state index in [1.807, 2.05) is 0 Å². The molecule has 0 spiro atoms. The Morgan fingerprint density at radius 1 is 1.29 bits per heavy atom. The Labute approximate surface area is 144 Å². The number of carbonyl (C=O) groups is 3. The van der Waals surface area contributed by atoms with Crippen molar-refractivity contribution >= 4 is 35.2 Å². The molecule has 0 radical (unpaired) electrons. The molecule has 1 heterocycles. The van der Waals surface area contributed by atoms with Gasteiger partial charge in [0.15, 0.2) is 0 Å². The van der Waals surface area contributed by atoms with E-state index in [1.165, 1.54) is 14.2 Å². The predicted octanol–water partition coefficient (Wildman–Crippen LogP) is 1.63. The zero-order valence-electron chi connectivity index (χ0n) is 13.7. The van der Waals surface area contributed by atoms with E-state index in [2.05, 4.69) is 0 Å². The quantitative estimate of drug-likeness (QED) is 0.544. The normalized spacial score (nSPS) is 17.1. The van der Waals surface area contributed by atoms with Crippen LogP contribution in [0.1, 0.15) is 13.3 Å². The average Bonchev–Trinajstić information content (AvgIpc) is 2.86. The monoisotopic (exact) mass is 353 g/mol. The highest BCUT2D eigenvalue weighted by Gasteiger charge is 2.41. The number of amides is 2. The minimum atomic E-state index is -0.603. The van der Waals surface area contributed by atoms with Crippen LogP contribution >= 0.6 is 11.8 Å². The van der Waals surface area contributed by atoms with Crippen molar-refractivity contribution in [1.29, 1.82) is 0 Å². The van der Waals surface area contributed by atoms with Crippen LogP contribution < -0.4 is 14.4 Å². The van der Waals surface area contributed by atoms with Crippen molar-refractivity contribution in [2.75, 3.05) is 31.5 Å². The Morgan fingerprint density at radius 2 is 2.04 bits per heavy atom. The van der Waals surface area contributed by atoms with Crippen LogP contribution in [-0.2, 0) is 19.1 Å². The van der Waals surface area contributed by atoms with Gasteiger partial charge in [0.25, 0.3) is 0 Å². The summed E-state index contributed by atoms with van der Waals surface area (Å²) in [6.07, 6.45) is 0.0398. The number of carbonyl (C=O) groups excluding carboxylic acids is 3. The summed E-state index contributed by atoms with van der Waals surface area (Å²) in [6.45, 7) is 2.00. The van der Waals surface area contributed by atoms with Crippen molar-refractivity contribution in [3.05, 3.63) is 18.2 Å². The molecule has 1 fully saturated rings. The Balaban J connectivity index is 2.16. The third kappa shape index (κ3) is 3.81. The van der Waals surface area contributed by atoms with Gasteiger partial charge in [-0.15, -0.1) is 11.8 Å². The fourth-order valence-corrected chi connectivity index (χ4v) is 3.26. The van der Waals surface area contributed by atoms with Crippen molar-refractivity contribution in [2.24, 2.45) is 0 Å². The van der Waals surface area contributed by atoms with Gasteiger partial charge in [-0.1, -0.05) is 0 Å². The van der Waals surface area contributed by atoms with Gasteiger partial charge < -0.3 is 14.2 Å². The molecule has 0 N–H and O–H groups in total. The second-order valence-electron chi connectivity index (χ2n) is 4.91. The van der Waals surface area contributed by atoms with Gasteiger partial charge in [-0.2, -0.15) is 0 Å². The molecule has 2 rings (SSSR count). The van der Waals surface area contributed by atoms with Crippen molar-refractivity contribution in [2.45, 2.75) is 18.6 Å². The molecule has 0 bridgehead atoms. The summed E-state index contributed by atoms with van der Waals surface area (Å²) in [5.41, 5.74) is 0.368. The number of hydrogen-bond donors (Lipinski definition) is 0. The maximum atomic E-state index is 12.6. The van der Waals surface area contributed by atoms with Gasteiger partial charge in [0.05, 0.1) is 37.5 Å². The van der Waals surface area contributed by atoms with E-state index in [0.717, 1.165) is 16.7 Å². The number of esters is 1. The molecular weight excluding hydrogens is 334 g/mol. The van der Waals surface area contributed by atoms with E-state index in [1.54, 1.807) is 25.1 Å². The summed E-state index contributed by atoms with van der Waals surface area (Å²) >= 11 is 1.11. The van der Waals surface area contributed by atoms with Gasteiger partial charge in [0.2, 0.25) is 11.8 Å². The van der Waals surface area contributed by atoms with Crippen LogP contribution in [-0.4, -0.2) is 49.6 Å². The Kier molecular flexibility index (Phi) is 6.08. The smallest absolute Gasteiger partial charge is 0.315 e. The highest BCUT2D eigenvalue weighted by Crippen LogP contribution is 2.37. The van der Waals surface area contributed by atoms with Gasteiger partial charge in [0.1, 0.15) is 11.5 Å². The molecule has 0 saturated carbocycles. The number of rotatable bonds is 7. The van der Waals surface area contributed by atoms with Gasteiger partial charge in [-0.25, -0.2) is 4.90 Å². The first-order chi connectivity index (χ1) is 11.5. The first kappa shape index (κ1) is 18.1. The van der Waals surface area contributed by atoms with Crippen molar-refractivity contribution in [3.8, 4) is 11.5 Å². The van der Waals surface area contributed by atoms with Gasteiger partial charge >= 0.3 is 5.97 Å². The molecule has 1 saturated heterocycles. The topological polar surface area (TPSA) is 82.1 Å². The number of hydrogen-bond acceptors (Lipinski definition) is 7. The van der Waals surface area contributed by atoms with E-state index < -0.39 is 11.2 Å². The highest BCUT2D eigenvalue weighted by atomic mass is 32.2. The van der Waals surface area contributed by atoms with E-state index in [0.29, 0.717) is 17.2 Å². The van der Waals surface area contributed by atoms with E-state index in [4.69, 9.17) is 14.2 Å². The summed E-state index contributed by atoms with van der Waals surface area (Å²) in [6, 6.07) is 4.86. The highest BCUT2D eigenvalue weighted by molar-refractivity contribution is 8.01. The number of ether oxygens (including phenoxy) is 3. The van der Waals surface area contributed by atoms with Crippen LogP contribution in [0, 0.1) is 0 Å². The van der Waals surface area contributed by atoms with Crippen molar-refractivity contribution in [3.63, 3.8) is 0 Å². The molecule has 1 aliphatic rings. The number of nitrogens with zero attached hydrogens (tertiary/aromatic N) is 1. The summed E-state index contributed by atoms with van der Waals surface area (Å²) < 4.78 is 15.2. The Morgan fingerprint density at radius 3 is 2.67 bits per heavy atom. The van der Waals surface area contributed by atoms with Crippen LogP contribution in [0.15, 0.2) is 18.2 Å². The third-order valence-electron chi connectivity index (χ3n) is 3.44. The summed E-state index contributed by atoms with van der Waals surface area (Å²) in [7, 11) is 2.97. The maximum Gasteiger partial charge on any atom is 0.315 e. The molecule has 0 aromatic heterocycles. The molecule has 1 aromatic carbocycles. The molecule has 1 aromatic rings. The minimum absolute atomic E-state index is 0.0329. The number of imide groups is 1. The zero-order chi connectivity index (χ0) is 17.7. The number of benzene rings is 1. The fourth-order valence-electron chi connectivity index (χ4n) is 2.33.